The third-order valence-corrected chi connectivity index (χ3v) is 3.11. The van der Waals surface area contributed by atoms with Gasteiger partial charge in [-0.05, 0) is 18.8 Å². The lowest BCUT2D eigenvalue weighted by molar-refractivity contribution is -0.140. The van der Waals surface area contributed by atoms with E-state index >= 15 is 0 Å². The molecule has 1 saturated heterocycles. The molecule has 19 heavy (non-hydrogen) atoms. The summed E-state index contributed by atoms with van der Waals surface area (Å²) in [5, 5.41) is 20.0. The average Bonchev–Trinajstić information content (AvgIpc) is 2.76. The van der Waals surface area contributed by atoms with Gasteiger partial charge in [-0.1, -0.05) is 0 Å². The molecule has 0 bridgehead atoms. The molecule has 5 N–H and O–H groups in total. The zero-order valence-electron chi connectivity index (χ0n) is 10.5. The van der Waals surface area contributed by atoms with Crippen molar-refractivity contribution in [1.82, 2.24) is 10.2 Å². The smallest absolute Gasteiger partial charge is 0.326 e. The summed E-state index contributed by atoms with van der Waals surface area (Å²) in [6, 6.07) is -1.82. The van der Waals surface area contributed by atoms with Gasteiger partial charge in [-0.3, -0.25) is 4.79 Å². The summed E-state index contributed by atoms with van der Waals surface area (Å²) in [6.45, 7) is 1.06. The molecular formula is C11H19N3O5. The SMILES string of the molecule is NC(=O)C[C@H](NC(=O)N1CCC(CCO)C1)C(=O)O. The van der Waals surface area contributed by atoms with Crippen LogP contribution in [0.15, 0.2) is 0 Å². The number of carboxylic acid groups (broad SMARTS) is 1. The maximum Gasteiger partial charge on any atom is 0.326 e. The van der Waals surface area contributed by atoms with Crippen molar-refractivity contribution in [2.75, 3.05) is 19.7 Å². The number of urea groups is 1. The second-order valence-corrected chi connectivity index (χ2v) is 4.62. The van der Waals surface area contributed by atoms with Crippen molar-refractivity contribution < 1.29 is 24.6 Å². The maximum absolute atomic E-state index is 11.8. The number of amides is 3. The first-order valence-corrected chi connectivity index (χ1v) is 6.11. The standard InChI is InChI=1S/C11H19N3O5/c12-9(16)5-8(10(17)18)13-11(19)14-3-1-7(6-14)2-4-15/h7-8,15H,1-6H2,(H2,12,16)(H,13,19)(H,17,18)/t7?,8-/m0/s1. The molecule has 0 aliphatic carbocycles. The van der Waals surface area contributed by atoms with Gasteiger partial charge in [0.25, 0.3) is 0 Å². The highest BCUT2D eigenvalue weighted by Gasteiger charge is 2.29. The van der Waals surface area contributed by atoms with Crippen molar-refractivity contribution >= 4 is 17.9 Å². The number of aliphatic hydroxyl groups excluding tert-OH is 1. The van der Waals surface area contributed by atoms with E-state index in [9.17, 15) is 14.4 Å². The van der Waals surface area contributed by atoms with Crippen LogP contribution in [0.5, 0.6) is 0 Å². The molecular weight excluding hydrogens is 254 g/mol. The van der Waals surface area contributed by atoms with Gasteiger partial charge in [0, 0.05) is 19.7 Å². The molecule has 0 aromatic rings. The fraction of sp³-hybridized carbons (Fsp3) is 0.727. The zero-order chi connectivity index (χ0) is 14.4. The van der Waals surface area contributed by atoms with Gasteiger partial charge in [0.15, 0.2) is 0 Å². The van der Waals surface area contributed by atoms with Gasteiger partial charge < -0.3 is 26.2 Å². The number of nitrogens with one attached hydrogen (secondary N) is 1. The minimum Gasteiger partial charge on any atom is -0.480 e. The molecule has 8 heteroatoms. The largest absolute Gasteiger partial charge is 0.480 e. The predicted molar refractivity (Wildman–Crippen MR) is 65.1 cm³/mol. The highest BCUT2D eigenvalue weighted by molar-refractivity contribution is 5.87. The van der Waals surface area contributed by atoms with Crippen molar-refractivity contribution in [3.63, 3.8) is 0 Å². The first-order chi connectivity index (χ1) is 8.93. The van der Waals surface area contributed by atoms with Gasteiger partial charge in [0.05, 0.1) is 6.42 Å². The number of carboxylic acids is 1. The van der Waals surface area contributed by atoms with Gasteiger partial charge in [-0.2, -0.15) is 0 Å². The van der Waals surface area contributed by atoms with E-state index in [1.54, 1.807) is 0 Å². The van der Waals surface area contributed by atoms with E-state index in [1.165, 1.54) is 4.90 Å². The second kappa shape index (κ2) is 6.93. The summed E-state index contributed by atoms with van der Waals surface area (Å²) in [6.07, 6.45) is 0.962. The maximum atomic E-state index is 11.8. The Kier molecular flexibility index (Phi) is 5.56. The van der Waals surface area contributed by atoms with Crippen LogP contribution in [0.4, 0.5) is 4.79 Å². The number of aliphatic hydroxyl groups is 1. The quantitative estimate of drug-likeness (QED) is 0.479. The predicted octanol–water partition coefficient (Wildman–Crippen LogP) is -1.27. The highest BCUT2D eigenvalue weighted by Crippen LogP contribution is 2.19. The lowest BCUT2D eigenvalue weighted by Crippen LogP contribution is -2.48. The number of primary amides is 1. The van der Waals surface area contributed by atoms with Crippen LogP contribution in [0.3, 0.4) is 0 Å². The Morgan fingerprint density at radius 3 is 2.63 bits per heavy atom. The Hall–Kier alpha value is -1.83. The Morgan fingerprint density at radius 2 is 2.11 bits per heavy atom. The Balaban J connectivity index is 2.49. The molecule has 1 fully saturated rings. The number of hydrogen-bond donors (Lipinski definition) is 4. The topological polar surface area (TPSA) is 133 Å². The van der Waals surface area contributed by atoms with Gasteiger partial charge in [0.1, 0.15) is 6.04 Å². The molecule has 2 atom stereocenters. The minimum atomic E-state index is -1.30. The van der Waals surface area contributed by atoms with Gasteiger partial charge in [-0.15, -0.1) is 0 Å². The third kappa shape index (κ3) is 4.74. The van der Waals surface area contributed by atoms with Crippen LogP contribution in [-0.2, 0) is 9.59 Å². The summed E-state index contributed by atoms with van der Waals surface area (Å²) in [5.41, 5.74) is 4.93. The van der Waals surface area contributed by atoms with Crippen molar-refractivity contribution in [3.05, 3.63) is 0 Å². The summed E-state index contributed by atoms with van der Waals surface area (Å²) < 4.78 is 0. The number of carbonyl (C=O) groups excluding carboxylic acids is 2. The van der Waals surface area contributed by atoms with Crippen molar-refractivity contribution in [2.45, 2.75) is 25.3 Å². The number of aliphatic carboxylic acids is 1. The van der Waals surface area contributed by atoms with Crippen LogP contribution >= 0.6 is 0 Å². The van der Waals surface area contributed by atoms with Crippen LogP contribution < -0.4 is 11.1 Å². The molecule has 0 spiro atoms. The minimum absolute atomic E-state index is 0.0690. The number of nitrogens with zero attached hydrogens (tertiary/aromatic N) is 1. The summed E-state index contributed by atoms with van der Waals surface area (Å²) >= 11 is 0. The molecule has 0 saturated carbocycles. The molecule has 0 aromatic heterocycles. The monoisotopic (exact) mass is 273 g/mol. The normalized spacial score (nSPS) is 20.1. The molecule has 1 rings (SSSR count). The summed E-state index contributed by atoms with van der Waals surface area (Å²) in [4.78, 5) is 34.9. The van der Waals surface area contributed by atoms with E-state index in [0.29, 0.717) is 19.5 Å². The Bertz CT molecular complexity index is 360. The molecule has 8 nitrogen and oxygen atoms in total. The zero-order valence-corrected chi connectivity index (χ0v) is 10.5. The van der Waals surface area contributed by atoms with E-state index in [0.717, 1.165) is 6.42 Å². The first kappa shape index (κ1) is 15.2. The third-order valence-electron chi connectivity index (χ3n) is 3.11. The van der Waals surface area contributed by atoms with Gasteiger partial charge in [0.2, 0.25) is 5.91 Å². The van der Waals surface area contributed by atoms with Crippen LogP contribution in [0.25, 0.3) is 0 Å². The van der Waals surface area contributed by atoms with E-state index in [1.807, 2.05) is 0 Å². The van der Waals surface area contributed by atoms with E-state index < -0.39 is 30.4 Å². The van der Waals surface area contributed by atoms with Crippen molar-refractivity contribution in [2.24, 2.45) is 11.7 Å². The second-order valence-electron chi connectivity index (χ2n) is 4.62. The number of likely N-dealkylation sites (tertiary alicyclic amines) is 1. The fourth-order valence-electron chi connectivity index (χ4n) is 2.08. The average molecular weight is 273 g/mol. The van der Waals surface area contributed by atoms with Crippen LogP contribution in [0.1, 0.15) is 19.3 Å². The number of carbonyl (C=O) groups is 3. The van der Waals surface area contributed by atoms with Gasteiger partial charge in [-0.25, -0.2) is 9.59 Å². The van der Waals surface area contributed by atoms with Crippen LogP contribution in [-0.4, -0.2) is 58.8 Å². The molecule has 1 aliphatic rings. The van der Waals surface area contributed by atoms with E-state index in [4.69, 9.17) is 15.9 Å². The molecule has 1 unspecified atom stereocenters. The van der Waals surface area contributed by atoms with E-state index in [2.05, 4.69) is 5.32 Å². The summed E-state index contributed by atoms with van der Waals surface area (Å²) in [5.74, 6) is -1.85. The number of nitrogens with two attached hydrogens (primary N) is 1. The molecule has 0 radical (unpaired) electrons. The van der Waals surface area contributed by atoms with Crippen molar-refractivity contribution in [1.29, 1.82) is 0 Å². The molecule has 0 aromatic carbocycles. The molecule has 108 valence electrons. The Morgan fingerprint density at radius 1 is 1.42 bits per heavy atom. The lowest BCUT2D eigenvalue weighted by atomic mass is 10.1. The molecule has 1 heterocycles. The van der Waals surface area contributed by atoms with Gasteiger partial charge >= 0.3 is 12.0 Å². The molecule has 3 amide bonds. The van der Waals surface area contributed by atoms with Crippen LogP contribution in [0.2, 0.25) is 0 Å². The fourth-order valence-corrected chi connectivity index (χ4v) is 2.08. The lowest BCUT2D eigenvalue weighted by Gasteiger charge is -2.20. The van der Waals surface area contributed by atoms with Crippen molar-refractivity contribution in [3.8, 4) is 0 Å². The molecule has 1 aliphatic heterocycles. The number of hydrogen-bond acceptors (Lipinski definition) is 4. The summed E-state index contributed by atoms with van der Waals surface area (Å²) in [7, 11) is 0. The van der Waals surface area contributed by atoms with E-state index in [-0.39, 0.29) is 12.5 Å². The Labute approximate surface area is 110 Å². The number of rotatable bonds is 6. The highest BCUT2D eigenvalue weighted by atomic mass is 16.4. The first-order valence-electron chi connectivity index (χ1n) is 6.11. The van der Waals surface area contributed by atoms with Crippen LogP contribution in [0, 0.1) is 5.92 Å².